The molecule has 0 aliphatic rings. The fourth-order valence-corrected chi connectivity index (χ4v) is 4.38. The van der Waals surface area contributed by atoms with Gasteiger partial charge in [0.15, 0.2) is 11.0 Å². The Hall–Kier alpha value is -3.78. The van der Waals surface area contributed by atoms with Crippen LogP contribution in [0.2, 0.25) is 0 Å². The molecule has 1 aromatic heterocycles. The number of hydrogen-bond donors (Lipinski definition) is 1. The zero-order chi connectivity index (χ0) is 24.8. The van der Waals surface area contributed by atoms with Crippen molar-refractivity contribution in [3.63, 3.8) is 0 Å². The largest absolute Gasteiger partial charge is 0.497 e. The molecule has 1 heterocycles. The summed E-state index contributed by atoms with van der Waals surface area (Å²) in [5.41, 5.74) is 4.00. The van der Waals surface area contributed by atoms with Crippen LogP contribution >= 0.6 is 11.8 Å². The van der Waals surface area contributed by atoms with Crippen LogP contribution in [0.4, 0.5) is 0 Å². The van der Waals surface area contributed by atoms with Crippen molar-refractivity contribution in [1.82, 2.24) is 20.1 Å². The van der Waals surface area contributed by atoms with Gasteiger partial charge in [0.05, 0.1) is 19.5 Å². The van der Waals surface area contributed by atoms with E-state index in [0.29, 0.717) is 17.5 Å². The van der Waals surface area contributed by atoms with E-state index in [1.165, 1.54) is 11.8 Å². The van der Waals surface area contributed by atoms with Gasteiger partial charge in [0, 0.05) is 17.8 Å². The molecule has 0 radical (unpaired) electrons. The van der Waals surface area contributed by atoms with Crippen LogP contribution in [-0.2, 0) is 11.3 Å². The van der Waals surface area contributed by atoms with Gasteiger partial charge in [0.2, 0.25) is 5.91 Å². The smallest absolute Gasteiger partial charge is 0.233 e. The standard InChI is InChI=1S/C27H28N4O3S/c1-18-5-11-22(12-6-18)31-25(21-9-15-24(34-4)16-10-21)29-30-27(31)35-19(2)26(32)28-17-20-7-13-23(33-3)14-8-20/h5-16,19H,17H2,1-4H3,(H,28,32). The molecule has 1 N–H and O–H groups in total. The monoisotopic (exact) mass is 488 g/mol. The second-order valence-electron chi connectivity index (χ2n) is 8.03. The number of aromatic nitrogens is 3. The fraction of sp³-hybridized carbons (Fsp3) is 0.222. The number of carbonyl (C=O) groups is 1. The first-order valence-electron chi connectivity index (χ1n) is 11.2. The van der Waals surface area contributed by atoms with Gasteiger partial charge in [-0.2, -0.15) is 0 Å². The molecule has 4 aromatic rings. The number of methoxy groups -OCH3 is 2. The summed E-state index contributed by atoms with van der Waals surface area (Å²) in [4.78, 5) is 12.9. The Labute approximate surface area is 209 Å². The molecule has 1 amide bonds. The predicted octanol–water partition coefficient (Wildman–Crippen LogP) is 5.06. The summed E-state index contributed by atoms with van der Waals surface area (Å²) in [5.74, 6) is 2.18. The van der Waals surface area contributed by atoms with E-state index in [4.69, 9.17) is 9.47 Å². The number of rotatable bonds is 9. The summed E-state index contributed by atoms with van der Waals surface area (Å²) in [7, 11) is 3.27. The van der Waals surface area contributed by atoms with Crippen molar-refractivity contribution >= 4 is 17.7 Å². The lowest BCUT2D eigenvalue weighted by Gasteiger charge is -2.14. The first-order chi connectivity index (χ1) is 17.0. The summed E-state index contributed by atoms with van der Waals surface area (Å²) < 4.78 is 12.5. The van der Waals surface area contributed by atoms with Gasteiger partial charge in [-0.3, -0.25) is 9.36 Å². The third-order valence-electron chi connectivity index (χ3n) is 5.55. The summed E-state index contributed by atoms with van der Waals surface area (Å²) in [5, 5.41) is 12.2. The molecule has 3 aromatic carbocycles. The van der Waals surface area contributed by atoms with Crippen LogP contribution in [0, 0.1) is 6.92 Å². The van der Waals surface area contributed by atoms with Gasteiger partial charge in [-0.25, -0.2) is 0 Å². The van der Waals surface area contributed by atoms with Crippen LogP contribution in [0.1, 0.15) is 18.1 Å². The average Bonchev–Trinajstić information content (AvgIpc) is 3.31. The summed E-state index contributed by atoms with van der Waals surface area (Å²) >= 11 is 1.37. The Morgan fingerprint density at radius 1 is 0.914 bits per heavy atom. The Balaban J connectivity index is 1.55. The van der Waals surface area contributed by atoms with Gasteiger partial charge in [-0.15, -0.1) is 10.2 Å². The number of carbonyl (C=O) groups excluding carboxylic acids is 1. The minimum atomic E-state index is -0.370. The molecule has 0 saturated heterocycles. The number of ether oxygens (including phenoxy) is 2. The molecule has 0 spiro atoms. The SMILES string of the molecule is COc1ccc(CNC(=O)C(C)Sc2nnc(-c3ccc(OC)cc3)n2-c2ccc(C)cc2)cc1. The molecular weight excluding hydrogens is 460 g/mol. The predicted molar refractivity (Wildman–Crippen MR) is 138 cm³/mol. The van der Waals surface area contributed by atoms with Crippen LogP contribution in [0.3, 0.4) is 0 Å². The zero-order valence-electron chi connectivity index (χ0n) is 20.2. The van der Waals surface area contributed by atoms with Crippen LogP contribution < -0.4 is 14.8 Å². The van der Waals surface area contributed by atoms with Gasteiger partial charge in [0.1, 0.15) is 11.5 Å². The molecule has 0 fully saturated rings. The van der Waals surface area contributed by atoms with E-state index in [-0.39, 0.29) is 11.2 Å². The van der Waals surface area contributed by atoms with E-state index in [1.807, 2.05) is 91.2 Å². The first-order valence-corrected chi connectivity index (χ1v) is 12.1. The summed E-state index contributed by atoms with van der Waals surface area (Å²) in [6.45, 7) is 4.36. The van der Waals surface area contributed by atoms with E-state index in [1.54, 1.807) is 14.2 Å². The van der Waals surface area contributed by atoms with Crippen LogP contribution in [0.5, 0.6) is 11.5 Å². The highest BCUT2D eigenvalue weighted by molar-refractivity contribution is 8.00. The first kappa shape index (κ1) is 24.3. The molecule has 1 atom stereocenters. The Morgan fingerprint density at radius 3 is 2.11 bits per heavy atom. The van der Waals surface area contributed by atoms with E-state index >= 15 is 0 Å². The van der Waals surface area contributed by atoms with Crippen molar-refractivity contribution < 1.29 is 14.3 Å². The highest BCUT2D eigenvalue weighted by Crippen LogP contribution is 2.31. The Morgan fingerprint density at radius 2 is 1.51 bits per heavy atom. The number of thioether (sulfide) groups is 1. The minimum Gasteiger partial charge on any atom is -0.497 e. The number of hydrogen-bond acceptors (Lipinski definition) is 6. The van der Waals surface area contributed by atoms with E-state index in [2.05, 4.69) is 15.5 Å². The summed E-state index contributed by atoms with van der Waals surface area (Å²) in [6, 6.07) is 23.5. The number of nitrogens with one attached hydrogen (secondary N) is 1. The van der Waals surface area contributed by atoms with Crippen molar-refractivity contribution in [2.45, 2.75) is 30.8 Å². The second-order valence-corrected chi connectivity index (χ2v) is 9.34. The highest BCUT2D eigenvalue weighted by atomic mass is 32.2. The molecular formula is C27H28N4O3S. The number of nitrogens with zero attached hydrogens (tertiary/aromatic N) is 3. The molecule has 8 heteroatoms. The third-order valence-corrected chi connectivity index (χ3v) is 6.59. The normalized spacial score (nSPS) is 11.7. The lowest BCUT2D eigenvalue weighted by Crippen LogP contribution is -2.30. The van der Waals surface area contributed by atoms with Crippen LogP contribution in [0.25, 0.3) is 17.1 Å². The Bertz CT molecular complexity index is 1270. The molecule has 35 heavy (non-hydrogen) atoms. The summed E-state index contributed by atoms with van der Waals surface area (Å²) in [6.07, 6.45) is 0. The molecule has 4 rings (SSSR count). The number of aryl methyl sites for hydroxylation is 1. The van der Waals surface area contributed by atoms with Crippen LogP contribution in [0.15, 0.2) is 78.0 Å². The van der Waals surface area contributed by atoms with Crippen molar-refractivity contribution in [2.24, 2.45) is 0 Å². The van der Waals surface area contributed by atoms with E-state index < -0.39 is 0 Å². The molecule has 0 bridgehead atoms. The molecule has 0 aliphatic heterocycles. The maximum absolute atomic E-state index is 12.9. The van der Waals surface area contributed by atoms with Gasteiger partial charge < -0.3 is 14.8 Å². The minimum absolute atomic E-state index is 0.0738. The molecule has 1 unspecified atom stereocenters. The quantitative estimate of drug-likeness (QED) is 0.332. The molecule has 0 aliphatic carbocycles. The Kier molecular flexibility index (Phi) is 7.72. The third kappa shape index (κ3) is 5.84. The lowest BCUT2D eigenvalue weighted by molar-refractivity contribution is -0.120. The van der Waals surface area contributed by atoms with Crippen molar-refractivity contribution in [2.75, 3.05) is 14.2 Å². The number of benzene rings is 3. The lowest BCUT2D eigenvalue weighted by atomic mass is 10.2. The van der Waals surface area contributed by atoms with Crippen LogP contribution in [-0.4, -0.2) is 40.1 Å². The van der Waals surface area contributed by atoms with Gasteiger partial charge in [-0.05, 0) is 67.9 Å². The van der Waals surface area contributed by atoms with E-state index in [9.17, 15) is 4.79 Å². The van der Waals surface area contributed by atoms with Crippen molar-refractivity contribution in [3.8, 4) is 28.6 Å². The molecule has 180 valence electrons. The van der Waals surface area contributed by atoms with Gasteiger partial charge >= 0.3 is 0 Å². The van der Waals surface area contributed by atoms with E-state index in [0.717, 1.165) is 33.9 Å². The maximum atomic E-state index is 12.9. The van der Waals surface area contributed by atoms with Gasteiger partial charge in [-0.1, -0.05) is 41.6 Å². The van der Waals surface area contributed by atoms with Crippen molar-refractivity contribution in [3.05, 3.63) is 83.9 Å². The highest BCUT2D eigenvalue weighted by Gasteiger charge is 2.22. The fourth-order valence-electron chi connectivity index (χ4n) is 3.49. The second kappa shape index (κ2) is 11.1. The average molecular weight is 489 g/mol. The molecule has 0 saturated carbocycles. The van der Waals surface area contributed by atoms with Crippen molar-refractivity contribution in [1.29, 1.82) is 0 Å². The zero-order valence-corrected chi connectivity index (χ0v) is 21.0. The topological polar surface area (TPSA) is 78.3 Å². The molecule has 7 nitrogen and oxygen atoms in total. The maximum Gasteiger partial charge on any atom is 0.233 e. The van der Waals surface area contributed by atoms with Gasteiger partial charge in [0.25, 0.3) is 0 Å². The number of amides is 1.